The van der Waals surface area contributed by atoms with Gasteiger partial charge in [0.2, 0.25) is 0 Å². The van der Waals surface area contributed by atoms with E-state index in [0.29, 0.717) is 22.0 Å². The number of nitrogens with one attached hydrogen (secondary N) is 4. The van der Waals surface area contributed by atoms with Crippen molar-refractivity contribution < 1.29 is 10.1 Å². The van der Waals surface area contributed by atoms with Crippen LogP contribution >= 0.6 is 45.9 Å². The molecule has 14 nitrogen and oxygen atoms in total. The summed E-state index contributed by atoms with van der Waals surface area (Å²) in [4.78, 5) is 29.6. The highest BCUT2D eigenvalue weighted by atomic mass is 35.5. The summed E-state index contributed by atoms with van der Waals surface area (Å²) in [5, 5.41) is 35.4. The van der Waals surface area contributed by atoms with E-state index in [1.165, 1.54) is 36.8 Å². The molecule has 0 aliphatic carbocycles. The Morgan fingerprint density at radius 3 is 1.53 bits per heavy atom. The summed E-state index contributed by atoms with van der Waals surface area (Å²) < 4.78 is 0.869. The van der Waals surface area contributed by atoms with Crippen molar-refractivity contribution >= 4 is 57.8 Å². The van der Waals surface area contributed by atoms with E-state index in [2.05, 4.69) is 41.4 Å². The van der Waals surface area contributed by atoms with Crippen LogP contribution in [0.3, 0.4) is 0 Å². The van der Waals surface area contributed by atoms with Crippen molar-refractivity contribution in [3.63, 3.8) is 0 Å². The van der Waals surface area contributed by atoms with Crippen LogP contribution in [0.2, 0.25) is 8.93 Å². The Labute approximate surface area is 187 Å². The molecule has 0 saturated heterocycles. The Morgan fingerprint density at radius 2 is 1.30 bits per heavy atom. The molecule has 2 aromatic rings. The van der Waals surface area contributed by atoms with Gasteiger partial charge in [0.25, 0.3) is 11.9 Å². The van der Waals surface area contributed by atoms with Crippen molar-refractivity contribution in [1.29, 1.82) is 0 Å². The van der Waals surface area contributed by atoms with Crippen LogP contribution in [0.1, 0.15) is 9.75 Å². The highest BCUT2D eigenvalue weighted by molar-refractivity contribution is 7.16. The Balaban J connectivity index is 0.000000300. The average molecular weight is 499 g/mol. The van der Waals surface area contributed by atoms with Crippen LogP contribution in [-0.2, 0) is 13.1 Å². The zero-order valence-electron chi connectivity index (χ0n) is 15.5. The van der Waals surface area contributed by atoms with Crippen molar-refractivity contribution in [1.82, 2.24) is 31.2 Å². The van der Waals surface area contributed by atoms with Crippen molar-refractivity contribution in [3.8, 4) is 0 Å². The van der Waals surface area contributed by atoms with Crippen LogP contribution in [0, 0.1) is 20.2 Å². The number of halogens is 2. The summed E-state index contributed by atoms with van der Waals surface area (Å²) in [5.41, 5.74) is 0. The quantitative estimate of drug-likeness (QED) is 0.195. The molecule has 2 heterocycles. The first-order chi connectivity index (χ1) is 14.2. The Hall–Kier alpha value is -2.82. The first-order valence-corrected chi connectivity index (χ1v) is 10.1. The van der Waals surface area contributed by atoms with E-state index in [1.807, 2.05) is 0 Å². The van der Waals surface area contributed by atoms with Gasteiger partial charge in [-0.2, -0.15) is 0 Å². The van der Waals surface area contributed by atoms with Gasteiger partial charge in [-0.25, -0.2) is 30.2 Å². The highest BCUT2D eigenvalue weighted by Gasteiger charge is 2.05. The second-order valence-corrected chi connectivity index (χ2v) is 8.13. The third-order valence-corrected chi connectivity index (χ3v) is 4.98. The molecule has 0 atom stereocenters. The first kappa shape index (κ1) is 25.2. The van der Waals surface area contributed by atoms with Crippen LogP contribution in [0.15, 0.2) is 22.6 Å². The number of rotatable bonds is 6. The Morgan fingerprint density at radius 1 is 0.933 bits per heavy atom. The zero-order chi connectivity index (χ0) is 22.5. The van der Waals surface area contributed by atoms with E-state index >= 15 is 0 Å². The monoisotopic (exact) mass is 498 g/mol. The van der Waals surface area contributed by atoms with Gasteiger partial charge in [0.05, 0.1) is 13.1 Å². The van der Waals surface area contributed by atoms with Crippen LogP contribution in [0.25, 0.3) is 0 Å². The lowest BCUT2D eigenvalue weighted by molar-refractivity contribution is -0.485. The van der Waals surface area contributed by atoms with Gasteiger partial charge in [-0.3, -0.25) is 0 Å². The van der Waals surface area contributed by atoms with Gasteiger partial charge in [-0.15, -0.1) is 22.7 Å². The van der Waals surface area contributed by atoms with E-state index in [1.54, 1.807) is 12.4 Å². The van der Waals surface area contributed by atoms with Crippen molar-refractivity contribution in [2.24, 2.45) is 10.2 Å². The minimum absolute atomic E-state index is 0.0875. The average Bonchev–Trinajstić information content (AvgIpc) is 3.30. The molecule has 2 rings (SSSR count). The van der Waals surface area contributed by atoms with Gasteiger partial charge < -0.3 is 21.3 Å². The van der Waals surface area contributed by atoms with Gasteiger partial charge in [0.15, 0.2) is 19.0 Å². The second kappa shape index (κ2) is 13.4. The summed E-state index contributed by atoms with van der Waals surface area (Å²) in [6.45, 7) is 0.774. The molecule has 2 aromatic heterocycles. The second-order valence-electron chi connectivity index (χ2n) is 4.74. The van der Waals surface area contributed by atoms with Crippen LogP contribution in [-0.4, -0.2) is 46.0 Å². The minimum Gasteiger partial charge on any atom is -0.354 e. The van der Waals surface area contributed by atoms with Crippen LogP contribution in [0.5, 0.6) is 0 Å². The summed E-state index contributed by atoms with van der Waals surface area (Å²) in [6, 6.07) is 0. The lowest BCUT2D eigenvalue weighted by atomic mass is 10.5. The number of hydrazone groups is 2. The molecule has 164 valence electrons. The lowest BCUT2D eigenvalue weighted by Gasteiger charge is -2.02. The van der Waals surface area contributed by atoms with E-state index in [4.69, 9.17) is 23.2 Å². The van der Waals surface area contributed by atoms with Crippen LogP contribution in [0.4, 0.5) is 0 Å². The lowest BCUT2D eigenvalue weighted by Crippen LogP contribution is -2.34. The number of aromatic nitrogens is 2. The molecule has 30 heavy (non-hydrogen) atoms. The third-order valence-electron chi connectivity index (χ3n) is 2.75. The molecule has 4 N–H and O–H groups in total. The zero-order valence-corrected chi connectivity index (χ0v) is 18.6. The molecule has 0 aliphatic heterocycles. The molecule has 18 heteroatoms. The minimum atomic E-state index is -0.779. The van der Waals surface area contributed by atoms with E-state index < -0.39 is 10.1 Å². The van der Waals surface area contributed by atoms with Gasteiger partial charge >= 0.3 is 0 Å². The normalized spacial score (nSPS) is 11.2. The highest BCUT2D eigenvalue weighted by Crippen LogP contribution is 2.17. The fraction of sp³-hybridized carbons (Fsp3) is 0.333. The predicted molar refractivity (Wildman–Crippen MR) is 115 cm³/mol. The largest absolute Gasteiger partial charge is 0.354 e. The molecule has 0 radical (unpaired) electrons. The Kier molecular flexibility index (Phi) is 11.3. The van der Waals surface area contributed by atoms with E-state index in [9.17, 15) is 20.2 Å². The predicted octanol–water partition coefficient (Wildman–Crippen LogP) is 1.31. The van der Waals surface area contributed by atoms with Gasteiger partial charge in [-0.05, 0) is 0 Å². The Bertz CT molecular complexity index is 831. The number of hydrogen-bond donors (Lipinski definition) is 4. The van der Waals surface area contributed by atoms with Crippen molar-refractivity contribution in [3.05, 3.63) is 51.3 Å². The van der Waals surface area contributed by atoms with Crippen molar-refractivity contribution in [2.75, 3.05) is 14.1 Å². The molecule has 0 aromatic carbocycles. The van der Waals surface area contributed by atoms with E-state index in [-0.39, 0.29) is 11.9 Å². The first-order valence-electron chi connectivity index (χ1n) is 7.73. The standard InChI is InChI=1S/2C6H8ClN5O2S/c2*1-8-6(11-12(13)14)10-3-4-2-9-5(7)15-4/h2*2H,3H2,1H3,(H2,8,10,11). The van der Waals surface area contributed by atoms with Crippen molar-refractivity contribution in [2.45, 2.75) is 13.1 Å². The molecule has 0 amide bonds. The van der Waals surface area contributed by atoms with Gasteiger partial charge in [0, 0.05) is 36.2 Å². The molecule has 0 fully saturated rings. The summed E-state index contributed by atoms with van der Waals surface area (Å²) >= 11 is 13.8. The maximum atomic E-state index is 10.1. The third kappa shape index (κ3) is 10.6. The molecule has 0 spiro atoms. The molecule has 0 aliphatic rings. The van der Waals surface area contributed by atoms with Gasteiger partial charge in [0.1, 0.15) is 10.2 Å². The number of hydrogen-bond acceptors (Lipinski definition) is 8. The maximum Gasteiger partial charge on any atom is 0.268 e. The van der Waals surface area contributed by atoms with E-state index in [0.717, 1.165) is 9.75 Å². The number of guanidine groups is 2. The molecule has 0 saturated carbocycles. The topological polar surface area (TPSA) is 185 Å². The molecule has 0 bridgehead atoms. The van der Waals surface area contributed by atoms with Gasteiger partial charge in [-0.1, -0.05) is 23.2 Å². The fourth-order valence-electron chi connectivity index (χ4n) is 1.58. The molecular weight excluding hydrogens is 483 g/mol. The molecule has 0 unspecified atom stereocenters. The number of thiazole rings is 2. The summed E-state index contributed by atoms with van der Waals surface area (Å²) in [7, 11) is 3.07. The smallest absolute Gasteiger partial charge is 0.268 e. The summed E-state index contributed by atoms with van der Waals surface area (Å²) in [6.07, 6.45) is 3.19. The maximum absolute atomic E-state index is 10.1. The number of nitrogens with zero attached hydrogens (tertiary/aromatic N) is 6. The molecular formula is C12H16Cl2N10O4S2. The number of nitro groups is 2. The van der Waals surface area contributed by atoms with Crippen LogP contribution < -0.4 is 21.3 Å². The SMILES string of the molecule is CN/C(=N\[N+](=O)[O-])NCc1cnc(Cl)s1.CN/C(=N\[N+](=O)[O-])NCc1cnc(Cl)s1. The summed E-state index contributed by atoms with van der Waals surface area (Å²) in [5.74, 6) is 0.175. The fourth-order valence-corrected chi connectivity index (χ4v) is 3.42.